The van der Waals surface area contributed by atoms with E-state index in [1.54, 1.807) is 6.07 Å². The molecule has 1 aliphatic carbocycles. The summed E-state index contributed by atoms with van der Waals surface area (Å²) >= 11 is 3.35. The van der Waals surface area contributed by atoms with Gasteiger partial charge in [-0.25, -0.2) is 0 Å². The summed E-state index contributed by atoms with van der Waals surface area (Å²) in [4.78, 5) is 12.1. The molecule has 0 radical (unpaired) electrons. The van der Waals surface area contributed by atoms with Crippen LogP contribution in [0, 0.1) is 18.8 Å². The number of aryl methyl sites for hydroxylation is 1. The highest BCUT2D eigenvalue weighted by molar-refractivity contribution is 9.10. The van der Waals surface area contributed by atoms with E-state index in [9.17, 15) is 18.0 Å². The quantitative estimate of drug-likeness (QED) is 0.781. The highest BCUT2D eigenvalue weighted by Crippen LogP contribution is 2.39. The first-order valence-electron chi connectivity index (χ1n) is 6.90. The van der Waals surface area contributed by atoms with E-state index in [2.05, 4.69) is 21.2 Å². The molecule has 1 aliphatic rings. The lowest BCUT2D eigenvalue weighted by molar-refractivity contribution is -0.184. The smallest absolute Gasteiger partial charge is 0.326 e. The fourth-order valence-corrected chi connectivity index (χ4v) is 3.34. The maximum Gasteiger partial charge on any atom is 0.391 e. The molecule has 116 valence electrons. The van der Waals surface area contributed by atoms with Gasteiger partial charge in [0.15, 0.2) is 0 Å². The highest BCUT2D eigenvalue weighted by Gasteiger charge is 2.42. The van der Waals surface area contributed by atoms with Crippen molar-refractivity contribution >= 4 is 27.5 Å². The SMILES string of the molecule is Cc1cc(Br)cc(NC(=O)C2CCC(C(F)(F)F)CC2)c1. The standard InChI is InChI=1S/C15H17BrF3NO/c1-9-6-12(16)8-13(7-9)20-14(21)10-2-4-11(5-3-10)15(17,18)19/h6-8,10-11H,2-5H2,1H3,(H,20,21). The zero-order valence-corrected chi connectivity index (χ0v) is 13.2. The van der Waals surface area contributed by atoms with Crippen molar-refractivity contribution in [1.29, 1.82) is 0 Å². The van der Waals surface area contributed by atoms with Gasteiger partial charge in [0.1, 0.15) is 0 Å². The second-order valence-corrected chi connectivity index (χ2v) is 6.51. The number of nitrogens with one attached hydrogen (secondary N) is 1. The van der Waals surface area contributed by atoms with Crippen LogP contribution in [0.3, 0.4) is 0 Å². The second kappa shape index (κ2) is 6.38. The molecule has 0 atom stereocenters. The maximum absolute atomic E-state index is 12.6. The van der Waals surface area contributed by atoms with E-state index in [1.165, 1.54) is 0 Å². The summed E-state index contributed by atoms with van der Waals surface area (Å²) < 4.78 is 38.7. The van der Waals surface area contributed by atoms with Crippen molar-refractivity contribution in [3.63, 3.8) is 0 Å². The number of carbonyl (C=O) groups is 1. The summed E-state index contributed by atoms with van der Waals surface area (Å²) in [7, 11) is 0. The molecule has 2 nitrogen and oxygen atoms in total. The fraction of sp³-hybridized carbons (Fsp3) is 0.533. The minimum atomic E-state index is -4.14. The summed E-state index contributed by atoms with van der Waals surface area (Å²) in [5.74, 6) is -1.77. The predicted molar refractivity (Wildman–Crippen MR) is 79.0 cm³/mol. The Balaban J connectivity index is 1.93. The van der Waals surface area contributed by atoms with Gasteiger partial charge >= 0.3 is 6.18 Å². The molecule has 1 fully saturated rings. The summed E-state index contributed by atoms with van der Waals surface area (Å²) in [6.07, 6.45) is -3.47. The Morgan fingerprint density at radius 2 is 1.81 bits per heavy atom. The van der Waals surface area contributed by atoms with Gasteiger partial charge in [0.25, 0.3) is 0 Å². The van der Waals surface area contributed by atoms with Crippen LogP contribution < -0.4 is 5.32 Å². The normalized spacial score (nSPS) is 22.9. The van der Waals surface area contributed by atoms with E-state index in [0.29, 0.717) is 18.5 Å². The Morgan fingerprint density at radius 1 is 1.19 bits per heavy atom. The summed E-state index contributed by atoms with van der Waals surface area (Å²) in [5.41, 5.74) is 1.67. The molecule has 2 rings (SSSR count). The third-order valence-corrected chi connectivity index (χ3v) is 4.33. The Bertz CT molecular complexity index is 502. The van der Waals surface area contributed by atoms with Crippen LogP contribution in [0.2, 0.25) is 0 Å². The molecule has 21 heavy (non-hydrogen) atoms. The van der Waals surface area contributed by atoms with Gasteiger partial charge in [-0.3, -0.25) is 4.79 Å². The van der Waals surface area contributed by atoms with E-state index < -0.39 is 12.1 Å². The molecule has 1 aromatic carbocycles. The van der Waals surface area contributed by atoms with E-state index >= 15 is 0 Å². The van der Waals surface area contributed by atoms with E-state index in [0.717, 1.165) is 10.0 Å². The minimum absolute atomic E-state index is 0.0408. The van der Waals surface area contributed by atoms with Crippen molar-refractivity contribution in [2.24, 2.45) is 11.8 Å². The van der Waals surface area contributed by atoms with Crippen LogP contribution in [-0.2, 0) is 4.79 Å². The van der Waals surface area contributed by atoms with Gasteiger partial charge in [-0.1, -0.05) is 15.9 Å². The molecule has 6 heteroatoms. The largest absolute Gasteiger partial charge is 0.391 e. The molecule has 0 unspecified atom stereocenters. The zero-order valence-electron chi connectivity index (χ0n) is 11.6. The highest BCUT2D eigenvalue weighted by atomic mass is 79.9. The predicted octanol–water partition coefficient (Wildman–Crippen LogP) is 5.06. The van der Waals surface area contributed by atoms with Crippen LogP contribution >= 0.6 is 15.9 Å². The lowest BCUT2D eigenvalue weighted by Crippen LogP contribution is -2.32. The van der Waals surface area contributed by atoms with Gasteiger partial charge in [-0.05, 0) is 56.4 Å². The van der Waals surface area contributed by atoms with Gasteiger partial charge in [0, 0.05) is 16.1 Å². The van der Waals surface area contributed by atoms with E-state index in [4.69, 9.17) is 0 Å². The number of anilines is 1. The maximum atomic E-state index is 12.6. The van der Waals surface area contributed by atoms with E-state index in [1.807, 2.05) is 19.1 Å². The third-order valence-electron chi connectivity index (χ3n) is 3.87. The minimum Gasteiger partial charge on any atom is -0.326 e. The van der Waals surface area contributed by atoms with Gasteiger partial charge in [0.2, 0.25) is 5.91 Å². The average Bonchev–Trinajstić information content (AvgIpc) is 2.36. The Kier molecular flexibility index (Phi) is 4.96. The molecule has 1 amide bonds. The van der Waals surface area contributed by atoms with Gasteiger partial charge < -0.3 is 5.32 Å². The fourth-order valence-electron chi connectivity index (χ4n) is 2.74. The topological polar surface area (TPSA) is 29.1 Å². The number of amides is 1. The van der Waals surface area contributed by atoms with Crippen molar-refractivity contribution in [3.8, 4) is 0 Å². The van der Waals surface area contributed by atoms with Crippen LogP contribution in [-0.4, -0.2) is 12.1 Å². The van der Waals surface area contributed by atoms with Crippen LogP contribution in [0.25, 0.3) is 0 Å². The molecule has 0 aliphatic heterocycles. The Hall–Kier alpha value is -1.04. The molecule has 1 saturated carbocycles. The summed E-state index contributed by atoms with van der Waals surface area (Å²) in [6, 6.07) is 5.54. The number of hydrogen-bond donors (Lipinski definition) is 1. The van der Waals surface area contributed by atoms with Crippen molar-refractivity contribution < 1.29 is 18.0 Å². The zero-order chi connectivity index (χ0) is 15.6. The van der Waals surface area contributed by atoms with Gasteiger partial charge in [-0.2, -0.15) is 13.2 Å². The van der Waals surface area contributed by atoms with Crippen molar-refractivity contribution in [3.05, 3.63) is 28.2 Å². The molecule has 1 N–H and O–H groups in total. The lowest BCUT2D eigenvalue weighted by atomic mass is 9.81. The molecule has 1 aromatic rings. The van der Waals surface area contributed by atoms with Gasteiger partial charge in [-0.15, -0.1) is 0 Å². The lowest BCUT2D eigenvalue weighted by Gasteiger charge is -2.29. The number of rotatable bonds is 2. The molecular weight excluding hydrogens is 347 g/mol. The molecule has 0 bridgehead atoms. The van der Waals surface area contributed by atoms with Gasteiger partial charge in [0.05, 0.1) is 5.92 Å². The first kappa shape index (κ1) is 16.3. The first-order valence-corrected chi connectivity index (χ1v) is 7.70. The Morgan fingerprint density at radius 3 is 2.33 bits per heavy atom. The number of halogens is 4. The number of hydrogen-bond acceptors (Lipinski definition) is 1. The number of alkyl halides is 3. The summed E-state index contributed by atoms with van der Waals surface area (Å²) in [6.45, 7) is 1.91. The second-order valence-electron chi connectivity index (χ2n) is 5.60. The first-order chi connectivity index (χ1) is 9.75. The van der Waals surface area contributed by atoms with Crippen LogP contribution in [0.15, 0.2) is 22.7 Å². The molecule has 0 aromatic heterocycles. The summed E-state index contributed by atoms with van der Waals surface area (Å²) in [5, 5.41) is 2.80. The average molecular weight is 364 g/mol. The van der Waals surface area contributed by atoms with Crippen LogP contribution in [0.4, 0.5) is 18.9 Å². The monoisotopic (exact) mass is 363 g/mol. The molecule has 0 heterocycles. The molecule has 0 spiro atoms. The van der Waals surface area contributed by atoms with Crippen molar-refractivity contribution in [2.75, 3.05) is 5.32 Å². The van der Waals surface area contributed by atoms with Crippen LogP contribution in [0.1, 0.15) is 31.2 Å². The molecule has 0 saturated heterocycles. The van der Waals surface area contributed by atoms with Crippen LogP contribution in [0.5, 0.6) is 0 Å². The van der Waals surface area contributed by atoms with Crippen molar-refractivity contribution in [2.45, 2.75) is 38.8 Å². The van der Waals surface area contributed by atoms with E-state index in [-0.39, 0.29) is 24.7 Å². The van der Waals surface area contributed by atoms with Crippen molar-refractivity contribution in [1.82, 2.24) is 0 Å². The Labute approximate surface area is 130 Å². The third kappa shape index (κ3) is 4.46. The molecular formula is C15H17BrF3NO. The number of carbonyl (C=O) groups excluding carboxylic acids is 1. The number of benzene rings is 1.